The Balaban J connectivity index is 1.70. The maximum Gasteiger partial charge on any atom is 0.272 e. The smallest absolute Gasteiger partial charge is 0.272 e. The molecule has 25 heavy (non-hydrogen) atoms. The summed E-state index contributed by atoms with van der Waals surface area (Å²) in [5.74, 6) is 0.936. The number of carbonyl (C=O) groups is 2. The highest BCUT2D eigenvalue weighted by Crippen LogP contribution is 2.39. The zero-order valence-corrected chi connectivity index (χ0v) is 15.7. The van der Waals surface area contributed by atoms with Gasteiger partial charge in [-0.15, -0.1) is 0 Å². The molecule has 0 aromatic carbocycles. The summed E-state index contributed by atoms with van der Waals surface area (Å²) in [5, 5.41) is 4.12. The first kappa shape index (κ1) is 18.0. The van der Waals surface area contributed by atoms with E-state index in [9.17, 15) is 9.59 Å². The first-order valence-corrected chi connectivity index (χ1v) is 9.45. The van der Waals surface area contributed by atoms with E-state index in [0.29, 0.717) is 18.0 Å². The number of aryl methyl sites for hydroxylation is 1. The van der Waals surface area contributed by atoms with Gasteiger partial charge in [-0.3, -0.25) is 14.3 Å². The van der Waals surface area contributed by atoms with Gasteiger partial charge in [-0.05, 0) is 37.7 Å². The average molecular weight is 346 g/mol. The normalized spacial score (nSPS) is 24.4. The molecule has 1 atom stereocenters. The highest BCUT2D eigenvalue weighted by atomic mass is 16.2. The Bertz CT molecular complexity index is 639. The lowest BCUT2D eigenvalue weighted by Gasteiger charge is -2.48. The van der Waals surface area contributed by atoms with Gasteiger partial charge in [0.2, 0.25) is 5.91 Å². The monoisotopic (exact) mass is 346 g/mol. The first-order chi connectivity index (χ1) is 11.9. The van der Waals surface area contributed by atoms with Crippen LogP contribution < -0.4 is 0 Å². The van der Waals surface area contributed by atoms with Crippen LogP contribution in [0.1, 0.15) is 56.4 Å². The topological polar surface area (TPSA) is 58.4 Å². The second-order valence-electron chi connectivity index (χ2n) is 8.17. The summed E-state index contributed by atoms with van der Waals surface area (Å²) in [5.41, 5.74) is 0.706. The summed E-state index contributed by atoms with van der Waals surface area (Å²) >= 11 is 0. The standard InChI is InChI=1S/C19H30N4O2/c1-15(2)7-12-22-13-19(9-5-17(22)24)8-4-11-23(14-19)18(25)16-6-10-20-21(16)3/h6,10,15H,4-5,7-9,11-14H2,1-3H3/t19-/m0/s1. The number of rotatable bonds is 4. The number of hydrogen-bond donors (Lipinski definition) is 0. The molecule has 1 aromatic rings. The second-order valence-corrected chi connectivity index (χ2v) is 8.17. The average Bonchev–Trinajstić information content (AvgIpc) is 3.01. The van der Waals surface area contributed by atoms with Gasteiger partial charge in [-0.25, -0.2) is 0 Å². The van der Waals surface area contributed by atoms with Gasteiger partial charge in [0.25, 0.3) is 5.91 Å². The molecule has 0 N–H and O–H groups in total. The molecule has 6 heteroatoms. The number of hydrogen-bond acceptors (Lipinski definition) is 3. The molecule has 3 heterocycles. The molecular formula is C19H30N4O2. The fraction of sp³-hybridized carbons (Fsp3) is 0.737. The lowest BCUT2D eigenvalue weighted by atomic mass is 9.73. The molecule has 6 nitrogen and oxygen atoms in total. The molecule has 2 amide bonds. The maximum absolute atomic E-state index is 12.9. The third kappa shape index (κ3) is 3.88. The lowest BCUT2D eigenvalue weighted by Crippen LogP contribution is -2.55. The summed E-state index contributed by atoms with van der Waals surface area (Å²) in [7, 11) is 1.81. The van der Waals surface area contributed by atoms with Crippen LogP contribution in [0.3, 0.4) is 0 Å². The third-order valence-corrected chi connectivity index (χ3v) is 5.71. The van der Waals surface area contributed by atoms with Crippen molar-refractivity contribution < 1.29 is 9.59 Å². The van der Waals surface area contributed by atoms with Gasteiger partial charge in [0, 0.05) is 51.3 Å². The van der Waals surface area contributed by atoms with Crippen LogP contribution >= 0.6 is 0 Å². The molecule has 0 bridgehead atoms. The summed E-state index contributed by atoms with van der Waals surface area (Å²) in [4.78, 5) is 29.2. The number of nitrogens with zero attached hydrogens (tertiary/aromatic N) is 4. The van der Waals surface area contributed by atoms with Crippen molar-refractivity contribution in [2.45, 2.75) is 46.0 Å². The molecule has 2 fully saturated rings. The molecule has 138 valence electrons. The Hall–Kier alpha value is -1.85. The second kappa shape index (κ2) is 7.18. The summed E-state index contributed by atoms with van der Waals surface area (Å²) < 4.78 is 1.64. The quantitative estimate of drug-likeness (QED) is 0.841. The Morgan fingerprint density at radius 2 is 2.12 bits per heavy atom. The Labute approximate surface area is 150 Å². The molecule has 1 aromatic heterocycles. The van der Waals surface area contributed by atoms with Crippen molar-refractivity contribution in [3.05, 3.63) is 18.0 Å². The van der Waals surface area contributed by atoms with Crippen LogP contribution in [0.5, 0.6) is 0 Å². The van der Waals surface area contributed by atoms with Crippen molar-refractivity contribution in [1.82, 2.24) is 19.6 Å². The van der Waals surface area contributed by atoms with Crippen LogP contribution in [-0.4, -0.2) is 57.6 Å². The van der Waals surface area contributed by atoms with Crippen molar-refractivity contribution in [3.8, 4) is 0 Å². The van der Waals surface area contributed by atoms with Crippen molar-refractivity contribution >= 4 is 11.8 Å². The number of aromatic nitrogens is 2. The highest BCUT2D eigenvalue weighted by Gasteiger charge is 2.42. The number of carbonyl (C=O) groups excluding carboxylic acids is 2. The Kier molecular flexibility index (Phi) is 5.16. The van der Waals surface area contributed by atoms with E-state index in [-0.39, 0.29) is 17.2 Å². The van der Waals surface area contributed by atoms with Crippen molar-refractivity contribution in [2.24, 2.45) is 18.4 Å². The molecule has 2 saturated heterocycles. The fourth-order valence-corrected chi connectivity index (χ4v) is 4.18. The molecule has 0 saturated carbocycles. The van der Waals surface area contributed by atoms with Gasteiger partial charge in [0.05, 0.1) is 0 Å². The van der Waals surface area contributed by atoms with Crippen LogP contribution in [0.25, 0.3) is 0 Å². The molecule has 0 aliphatic carbocycles. The number of piperidine rings is 2. The van der Waals surface area contributed by atoms with E-state index in [4.69, 9.17) is 0 Å². The van der Waals surface area contributed by atoms with Gasteiger partial charge in [0.1, 0.15) is 5.69 Å². The van der Waals surface area contributed by atoms with E-state index in [0.717, 1.165) is 51.9 Å². The minimum absolute atomic E-state index is 0.0599. The summed E-state index contributed by atoms with van der Waals surface area (Å²) in [6.07, 6.45) is 6.34. The van der Waals surface area contributed by atoms with Crippen LogP contribution in [0.4, 0.5) is 0 Å². The summed E-state index contributed by atoms with van der Waals surface area (Å²) in [6, 6.07) is 1.78. The molecule has 1 spiro atoms. The fourth-order valence-electron chi connectivity index (χ4n) is 4.18. The van der Waals surface area contributed by atoms with E-state index in [1.54, 1.807) is 24.0 Å². The predicted octanol–water partition coefficient (Wildman–Crippen LogP) is 2.31. The Morgan fingerprint density at radius 1 is 1.32 bits per heavy atom. The van der Waals surface area contributed by atoms with E-state index in [1.807, 2.05) is 9.80 Å². The number of likely N-dealkylation sites (tertiary alicyclic amines) is 2. The van der Waals surface area contributed by atoms with Gasteiger partial charge in [-0.2, -0.15) is 5.10 Å². The van der Waals surface area contributed by atoms with Crippen molar-refractivity contribution in [1.29, 1.82) is 0 Å². The summed E-state index contributed by atoms with van der Waals surface area (Å²) in [6.45, 7) is 7.58. The van der Waals surface area contributed by atoms with E-state index in [1.165, 1.54) is 0 Å². The molecule has 0 radical (unpaired) electrons. The van der Waals surface area contributed by atoms with Crippen LogP contribution in [0.15, 0.2) is 12.3 Å². The molecule has 2 aliphatic heterocycles. The van der Waals surface area contributed by atoms with Crippen molar-refractivity contribution in [2.75, 3.05) is 26.2 Å². The SMILES string of the molecule is CC(C)CCN1C[C@]2(CCCN(C(=O)c3ccnn3C)C2)CCC1=O. The van der Waals surface area contributed by atoms with Crippen LogP contribution in [-0.2, 0) is 11.8 Å². The van der Waals surface area contributed by atoms with E-state index >= 15 is 0 Å². The minimum atomic E-state index is 0.0599. The van der Waals surface area contributed by atoms with Crippen LogP contribution in [0.2, 0.25) is 0 Å². The zero-order valence-electron chi connectivity index (χ0n) is 15.7. The van der Waals surface area contributed by atoms with Gasteiger partial charge in [-0.1, -0.05) is 13.8 Å². The number of amides is 2. The zero-order chi connectivity index (χ0) is 18.0. The molecular weight excluding hydrogens is 316 g/mol. The molecule has 3 rings (SSSR count). The van der Waals surface area contributed by atoms with E-state index < -0.39 is 0 Å². The third-order valence-electron chi connectivity index (χ3n) is 5.71. The van der Waals surface area contributed by atoms with E-state index in [2.05, 4.69) is 18.9 Å². The van der Waals surface area contributed by atoms with Gasteiger partial charge < -0.3 is 9.80 Å². The largest absolute Gasteiger partial charge is 0.342 e. The maximum atomic E-state index is 12.9. The van der Waals surface area contributed by atoms with Crippen molar-refractivity contribution in [3.63, 3.8) is 0 Å². The molecule has 2 aliphatic rings. The first-order valence-electron chi connectivity index (χ1n) is 9.45. The van der Waals surface area contributed by atoms with Gasteiger partial charge in [0.15, 0.2) is 0 Å². The Morgan fingerprint density at radius 3 is 2.80 bits per heavy atom. The van der Waals surface area contributed by atoms with Gasteiger partial charge >= 0.3 is 0 Å². The highest BCUT2D eigenvalue weighted by molar-refractivity contribution is 5.92. The predicted molar refractivity (Wildman–Crippen MR) is 96.0 cm³/mol. The lowest BCUT2D eigenvalue weighted by molar-refractivity contribution is -0.139. The molecule has 0 unspecified atom stereocenters. The van der Waals surface area contributed by atoms with Crippen LogP contribution in [0, 0.1) is 11.3 Å². The minimum Gasteiger partial charge on any atom is -0.342 e.